The summed E-state index contributed by atoms with van der Waals surface area (Å²) < 4.78 is 10.7. The van der Waals surface area contributed by atoms with Gasteiger partial charge in [-0.2, -0.15) is 0 Å². The SMILES string of the molecule is COc1ccc(N2CCN(c3cc(N4CCOCC4)ncn3)CC2)cc1. The van der Waals surface area contributed by atoms with Crippen molar-refractivity contribution in [2.45, 2.75) is 0 Å². The first-order chi connectivity index (χ1) is 12.8. The Balaban J connectivity index is 1.39. The molecule has 0 N–H and O–H groups in total. The minimum absolute atomic E-state index is 0.764. The highest BCUT2D eigenvalue weighted by Crippen LogP contribution is 2.23. The lowest BCUT2D eigenvalue weighted by atomic mass is 10.2. The first kappa shape index (κ1) is 16.9. The maximum Gasteiger partial charge on any atom is 0.134 e. The first-order valence-electron chi connectivity index (χ1n) is 9.12. The number of hydrogen-bond acceptors (Lipinski definition) is 7. The van der Waals surface area contributed by atoms with E-state index in [-0.39, 0.29) is 0 Å². The topological polar surface area (TPSA) is 54.0 Å². The van der Waals surface area contributed by atoms with Crippen LogP contribution in [0, 0.1) is 0 Å². The van der Waals surface area contributed by atoms with E-state index in [9.17, 15) is 0 Å². The molecule has 0 aliphatic carbocycles. The number of nitrogens with zero attached hydrogens (tertiary/aromatic N) is 5. The van der Waals surface area contributed by atoms with Gasteiger partial charge in [-0.3, -0.25) is 0 Å². The molecule has 2 saturated heterocycles. The molecular weight excluding hydrogens is 330 g/mol. The number of aromatic nitrogens is 2. The number of ether oxygens (including phenoxy) is 2. The van der Waals surface area contributed by atoms with Crippen LogP contribution in [0.2, 0.25) is 0 Å². The number of hydrogen-bond donors (Lipinski definition) is 0. The van der Waals surface area contributed by atoms with E-state index in [1.807, 2.05) is 12.1 Å². The molecule has 3 heterocycles. The predicted molar refractivity (Wildman–Crippen MR) is 102 cm³/mol. The normalized spacial score (nSPS) is 18.1. The van der Waals surface area contributed by atoms with E-state index in [1.165, 1.54) is 5.69 Å². The molecule has 2 aromatic rings. The van der Waals surface area contributed by atoms with Gasteiger partial charge in [0, 0.05) is 51.0 Å². The van der Waals surface area contributed by atoms with Gasteiger partial charge in [-0.05, 0) is 24.3 Å². The summed E-state index contributed by atoms with van der Waals surface area (Å²) in [6.45, 7) is 7.16. The lowest BCUT2D eigenvalue weighted by Crippen LogP contribution is -2.47. The van der Waals surface area contributed by atoms with Crippen LogP contribution in [0.5, 0.6) is 5.75 Å². The first-order valence-corrected chi connectivity index (χ1v) is 9.12. The van der Waals surface area contributed by atoms with Crippen LogP contribution >= 0.6 is 0 Å². The van der Waals surface area contributed by atoms with Gasteiger partial charge in [0.15, 0.2) is 0 Å². The fourth-order valence-electron chi connectivity index (χ4n) is 3.46. The number of benzene rings is 1. The van der Waals surface area contributed by atoms with Crippen molar-refractivity contribution in [3.63, 3.8) is 0 Å². The lowest BCUT2D eigenvalue weighted by Gasteiger charge is -2.37. The molecule has 2 aliphatic rings. The van der Waals surface area contributed by atoms with Gasteiger partial charge in [-0.1, -0.05) is 0 Å². The largest absolute Gasteiger partial charge is 0.497 e. The van der Waals surface area contributed by atoms with E-state index < -0.39 is 0 Å². The Labute approximate surface area is 154 Å². The van der Waals surface area contributed by atoms with Crippen LogP contribution in [0.15, 0.2) is 36.7 Å². The summed E-state index contributed by atoms with van der Waals surface area (Å²) in [6.07, 6.45) is 1.68. The fraction of sp³-hybridized carbons (Fsp3) is 0.474. The molecule has 0 spiro atoms. The van der Waals surface area contributed by atoms with Crippen molar-refractivity contribution in [3.8, 4) is 5.75 Å². The zero-order chi connectivity index (χ0) is 17.8. The Kier molecular flexibility index (Phi) is 5.06. The Hall–Kier alpha value is -2.54. The number of rotatable bonds is 4. The van der Waals surface area contributed by atoms with Crippen LogP contribution in [-0.4, -0.2) is 69.6 Å². The smallest absolute Gasteiger partial charge is 0.134 e. The molecule has 26 heavy (non-hydrogen) atoms. The minimum atomic E-state index is 0.764. The molecule has 7 nitrogen and oxygen atoms in total. The Morgan fingerprint density at radius 3 is 2.00 bits per heavy atom. The van der Waals surface area contributed by atoms with E-state index in [4.69, 9.17) is 9.47 Å². The highest BCUT2D eigenvalue weighted by atomic mass is 16.5. The van der Waals surface area contributed by atoms with E-state index in [2.05, 4.69) is 42.9 Å². The van der Waals surface area contributed by atoms with Crippen molar-refractivity contribution < 1.29 is 9.47 Å². The highest BCUT2D eigenvalue weighted by Gasteiger charge is 2.20. The summed E-state index contributed by atoms with van der Waals surface area (Å²) in [5.41, 5.74) is 1.24. The van der Waals surface area contributed by atoms with E-state index in [0.717, 1.165) is 69.9 Å². The zero-order valence-corrected chi connectivity index (χ0v) is 15.2. The second kappa shape index (κ2) is 7.78. The van der Waals surface area contributed by atoms with Crippen LogP contribution in [0.3, 0.4) is 0 Å². The molecule has 0 unspecified atom stereocenters. The maximum absolute atomic E-state index is 5.43. The molecule has 4 rings (SSSR count). The summed E-state index contributed by atoms with van der Waals surface area (Å²) >= 11 is 0. The van der Waals surface area contributed by atoms with Crippen molar-refractivity contribution in [1.82, 2.24) is 9.97 Å². The summed E-state index contributed by atoms with van der Waals surface area (Å²) in [5.74, 6) is 2.90. The lowest BCUT2D eigenvalue weighted by molar-refractivity contribution is 0.122. The molecule has 0 atom stereocenters. The molecule has 0 amide bonds. The van der Waals surface area contributed by atoms with Crippen molar-refractivity contribution in [1.29, 1.82) is 0 Å². The molecule has 2 aliphatic heterocycles. The average Bonchev–Trinajstić information content (AvgIpc) is 2.75. The summed E-state index contributed by atoms with van der Waals surface area (Å²) in [5, 5.41) is 0. The number of anilines is 3. The highest BCUT2D eigenvalue weighted by molar-refractivity contribution is 5.54. The fourth-order valence-corrected chi connectivity index (χ4v) is 3.46. The number of morpholine rings is 1. The standard InChI is InChI=1S/C19H25N5O2/c1-25-17-4-2-16(3-5-17)22-6-8-23(9-7-22)18-14-19(21-15-20-18)24-10-12-26-13-11-24/h2-5,14-15H,6-13H2,1H3. The summed E-state index contributed by atoms with van der Waals surface area (Å²) in [7, 11) is 1.70. The Morgan fingerprint density at radius 2 is 1.38 bits per heavy atom. The van der Waals surface area contributed by atoms with E-state index in [1.54, 1.807) is 13.4 Å². The number of piperazine rings is 1. The van der Waals surface area contributed by atoms with Gasteiger partial charge >= 0.3 is 0 Å². The van der Waals surface area contributed by atoms with Crippen molar-refractivity contribution >= 4 is 17.3 Å². The Bertz CT molecular complexity index is 710. The minimum Gasteiger partial charge on any atom is -0.497 e. The molecule has 1 aromatic carbocycles. The third-order valence-electron chi connectivity index (χ3n) is 5.01. The Morgan fingerprint density at radius 1 is 0.808 bits per heavy atom. The number of methoxy groups -OCH3 is 1. The van der Waals surface area contributed by atoms with Crippen LogP contribution in [0.1, 0.15) is 0 Å². The van der Waals surface area contributed by atoms with E-state index >= 15 is 0 Å². The third kappa shape index (κ3) is 3.67. The van der Waals surface area contributed by atoms with Gasteiger partial charge in [0.2, 0.25) is 0 Å². The van der Waals surface area contributed by atoms with Gasteiger partial charge in [0.25, 0.3) is 0 Å². The van der Waals surface area contributed by atoms with Gasteiger partial charge in [-0.15, -0.1) is 0 Å². The summed E-state index contributed by atoms with van der Waals surface area (Å²) in [4.78, 5) is 16.0. The maximum atomic E-state index is 5.43. The average molecular weight is 355 g/mol. The van der Waals surface area contributed by atoms with Crippen molar-refractivity contribution in [2.24, 2.45) is 0 Å². The van der Waals surface area contributed by atoms with E-state index in [0.29, 0.717) is 0 Å². The molecule has 0 radical (unpaired) electrons. The molecule has 2 fully saturated rings. The molecule has 0 saturated carbocycles. The predicted octanol–water partition coefficient (Wildman–Crippen LogP) is 1.65. The van der Waals surface area contributed by atoms with Gasteiger partial charge in [0.05, 0.1) is 20.3 Å². The van der Waals surface area contributed by atoms with Gasteiger partial charge < -0.3 is 24.2 Å². The zero-order valence-electron chi connectivity index (χ0n) is 15.2. The van der Waals surface area contributed by atoms with Crippen molar-refractivity contribution in [2.75, 3.05) is 74.3 Å². The quantitative estimate of drug-likeness (QED) is 0.826. The van der Waals surface area contributed by atoms with Crippen LogP contribution in [0.4, 0.5) is 17.3 Å². The van der Waals surface area contributed by atoms with Crippen LogP contribution < -0.4 is 19.4 Å². The van der Waals surface area contributed by atoms with Gasteiger partial charge in [0.1, 0.15) is 23.7 Å². The monoisotopic (exact) mass is 355 g/mol. The second-order valence-corrected chi connectivity index (χ2v) is 6.51. The second-order valence-electron chi connectivity index (χ2n) is 6.51. The molecule has 138 valence electrons. The third-order valence-corrected chi connectivity index (χ3v) is 5.01. The molecular formula is C19H25N5O2. The van der Waals surface area contributed by atoms with Crippen LogP contribution in [0.25, 0.3) is 0 Å². The molecule has 1 aromatic heterocycles. The van der Waals surface area contributed by atoms with Crippen LogP contribution in [-0.2, 0) is 4.74 Å². The van der Waals surface area contributed by atoms with Crippen molar-refractivity contribution in [3.05, 3.63) is 36.7 Å². The molecule has 0 bridgehead atoms. The summed E-state index contributed by atoms with van der Waals surface area (Å²) in [6, 6.07) is 10.4. The molecule has 7 heteroatoms. The van der Waals surface area contributed by atoms with Gasteiger partial charge in [-0.25, -0.2) is 9.97 Å².